The summed E-state index contributed by atoms with van der Waals surface area (Å²) >= 11 is 0. The molecule has 0 radical (unpaired) electrons. The first-order valence-electron chi connectivity index (χ1n) is 10.7. The number of nitrogens with one attached hydrogen (secondary N) is 1. The standard InChI is InChI=1S/C28H21NO3/c1-2-6-19(7-3-1)23-17-27-28(31-15-14-30-27)18-24(23)29-22-12-10-20(11-13-22)26-16-21-8-4-5-9-25(21)32-26/h1-13,16-18,29H,14-15H2. The molecule has 1 aliphatic rings. The van der Waals surface area contributed by atoms with E-state index in [9.17, 15) is 0 Å². The van der Waals surface area contributed by atoms with Crippen molar-refractivity contribution >= 4 is 22.3 Å². The topological polar surface area (TPSA) is 43.6 Å². The molecule has 0 aliphatic carbocycles. The van der Waals surface area contributed by atoms with E-state index in [1.165, 1.54) is 0 Å². The van der Waals surface area contributed by atoms with Crippen molar-refractivity contribution in [3.05, 3.63) is 97.1 Å². The van der Waals surface area contributed by atoms with E-state index in [1.54, 1.807) is 0 Å². The summed E-state index contributed by atoms with van der Waals surface area (Å²) in [4.78, 5) is 0. The average molecular weight is 419 g/mol. The third-order valence-electron chi connectivity index (χ3n) is 5.64. The molecule has 4 nitrogen and oxygen atoms in total. The van der Waals surface area contributed by atoms with E-state index in [0.717, 1.165) is 56.3 Å². The molecule has 4 heteroatoms. The molecule has 0 amide bonds. The second kappa shape index (κ2) is 7.82. The second-order valence-corrected chi connectivity index (χ2v) is 7.76. The summed E-state index contributed by atoms with van der Waals surface area (Å²) in [6.45, 7) is 1.13. The van der Waals surface area contributed by atoms with Gasteiger partial charge >= 0.3 is 0 Å². The van der Waals surface area contributed by atoms with Crippen LogP contribution < -0.4 is 14.8 Å². The summed E-state index contributed by atoms with van der Waals surface area (Å²) in [6, 6.07) is 32.8. The summed E-state index contributed by atoms with van der Waals surface area (Å²) in [5.41, 5.74) is 6.07. The van der Waals surface area contributed by atoms with Gasteiger partial charge in [0, 0.05) is 28.3 Å². The predicted octanol–water partition coefficient (Wildman–Crippen LogP) is 7.28. The van der Waals surface area contributed by atoms with Crippen LogP contribution in [-0.4, -0.2) is 13.2 Å². The van der Waals surface area contributed by atoms with E-state index in [-0.39, 0.29) is 0 Å². The van der Waals surface area contributed by atoms with E-state index in [0.29, 0.717) is 13.2 Å². The first kappa shape index (κ1) is 18.6. The zero-order valence-electron chi connectivity index (χ0n) is 17.4. The highest BCUT2D eigenvalue weighted by Gasteiger charge is 2.17. The zero-order chi connectivity index (χ0) is 21.3. The lowest BCUT2D eigenvalue weighted by Gasteiger charge is -2.22. The zero-order valence-corrected chi connectivity index (χ0v) is 17.4. The van der Waals surface area contributed by atoms with E-state index >= 15 is 0 Å². The van der Waals surface area contributed by atoms with Crippen LogP contribution in [0.15, 0.2) is 101 Å². The van der Waals surface area contributed by atoms with Crippen LogP contribution in [0.25, 0.3) is 33.4 Å². The molecule has 0 unspecified atom stereocenters. The normalized spacial score (nSPS) is 12.6. The Kier molecular flexibility index (Phi) is 4.54. The van der Waals surface area contributed by atoms with Crippen LogP contribution in [0.3, 0.4) is 0 Å². The number of furan rings is 1. The lowest BCUT2D eigenvalue weighted by molar-refractivity contribution is 0.172. The number of benzene rings is 4. The fourth-order valence-electron chi connectivity index (χ4n) is 4.05. The van der Waals surface area contributed by atoms with Crippen molar-refractivity contribution in [1.29, 1.82) is 0 Å². The van der Waals surface area contributed by atoms with Gasteiger partial charge in [-0.2, -0.15) is 0 Å². The maximum absolute atomic E-state index is 6.00. The van der Waals surface area contributed by atoms with Crippen molar-refractivity contribution in [2.75, 3.05) is 18.5 Å². The molecule has 1 N–H and O–H groups in total. The molecule has 4 aromatic carbocycles. The van der Waals surface area contributed by atoms with Gasteiger partial charge in [-0.05, 0) is 48.0 Å². The van der Waals surface area contributed by atoms with Crippen LogP contribution in [0.5, 0.6) is 11.5 Å². The Morgan fingerprint density at radius 3 is 2.12 bits per heavy atom. The van der Waals surface area contributed by atoms with E-state index in [1.807, 2.05) is 42.5 Å². The van der Waals surface area contributed by atoms with Crippen molar-refractivity contribution in [2.45, 2.75) is 0 Å². The minimum Gasteiger partial charge on any atom is -0.486 e. The van der Waals surface area contributed by atoms with Crippen LogP contribution in [0, 0.1) is 0 Å². The fraction of sp³-hybridized carbons (Fsp3) is 0.0714. The van der Waals surface area contributed by atoms with E-state index < -0.39 is 0 Å². The Balaban J connectivity index is 1.34. The fourth-order valence-corrected chi connectivity index (χ4v) is 4.05. The minimum absolute atomic E-state index is 0.559. The van der Waals surface area contributed by atoms with Crippen molar-refractivity contribution in [3.8, 4) is 33.9 Å². The SMILES string of the molecule is c1ccc(-c2cc3c(cc2Nc2ccc(-c4cc5ccccc5o4)cc2)OCCO3)cc1. The van der Waals surface area contributed by atoms with Crippen LogP contribution in [0.4, 0.5) is 11.4 Å². The van der Waals surface area contributed by atoms with Gasteiger partial charge in [-0.15, -0.1) is 0 Å². The quantitative estimate of drug-likeness (QED) is 0.332. The Morgan fingerprint density at radius 1 is 0.625 bits per heavy atom. The number of fused-ring (bicyclic) bond motifs is 2. The average Bonchev–Trinajstić information content (AvgIpc) is 3.29. The van der Waals surface area contributed by atoms with Gasteiger partial charge < -0.3 is 19.2 Å². The van der Waals surface area contributed by atoms with Crippen molar-refractivity contribution in [1.82, 2.24) is 0 Å². The summed E-state index contributed by atoms with van der Waals surface area (Å²) in [7, 11) is 0. The van der Waals surface area contributed by atoms with E-state index in [2.05, 4.69) is 59.9 Å². The maximum Gasteiger partial charge on any atom is 0.163 e. The summed E-state index contributed by atoms with van der Waals surface area (Å²) in [6.07, 6.45) is 0. The number of rotatable bonds is 4. The van der Waals surface area contributed by atoms with Gasteiger partial charge in [0.25, 0.3) is 0 Å². The Morgan fingerprint density at radius 2 is 1.34 bits per heavy atom. The van der Waals surface area contributed by atoms with Crippen LogP contribution in [0.2, 0.25) is 0 Å². The molecule has 32 heavy (non-hydrogen) atoms. The van der Waals surface area contributed by atoms with E-state index in [4.69, 9.17) is 13.9 Å². The molecule has 0 atom stereocenters. The van der Waals surface area contributed by atoms with Crippen molar-refractivity contribution < 1.29 is 13.9 Å². The Bertz CT molecular complexity index is 1350. The smallest absolute Gasteiger partial charge is 0.163 e. The molecule has 5 aromatic rings. The Hall–Kier alpha value is -4.18. The largest absolute Gasteiger partial charge is 0.486 e. The van der Waals surface area contributed by atoms with Gasteiger partial charge in [-0.3, -0.25) is 0 Å². The number of anilines is 2. The summed E-state index contributed by atoms with van der Waals surface area (Å²) in [5.74, 6) is 2.40. The van der Waals surface area contributed by atoms with Gasteiger partial charge in [0.2, 0.25) is 0 Å². The number of para-hydroxylation sites is 1. The minimum atomic E-state index is 0.559. The molecule has 1 aromatic heterocycles. The first-order valence-corrected chi connectivity index (χ1v) is 10.7. The van der Waals surface area contributed by atoms with Crippen LogP contribution in [0.1, 0.15) is 0 Å². The number of hydrogen-bond acceptors (Lipinski definition) is 4. The molecule has 0 fully saturated rings. The van der Waals surface area contributed by atoms with Gasteiger partial charge in [0.05, 0.1) is 5.69 Å². The first-order chi connectivity index (χ1) is 15.8. The highest BCUT2D eigenvalue weighted by molar-refractivity contribution is 5.85. The third kappa shape index (κ3) is 3.46. The van der Waals surface area contributed by atoms with Crippen molar-refractivity contribution in [3.63, 3.8) is 0 Å². The molecular formula is C28H21NO3. The molecule has 0 spiro atoms. The molecule has 156 valence electrons. The lowest BCUT2D eigenvalue weighted by atomic mass is 10.0. The highest BCUT2D eigenvalue weighted by Crippen LogP contribution is 2.41. The maximum atomic E-state index is 6.00. The molecule has 1 aliphatic heterocycles. The van der Waals surface area contributed by atoms with Gasteiger partial charge in [0.15, 0.2) is 11.5 Å². The lowest BCUT2D eigenvalue weighted by Crippen LogP contribution is -2.15. The molecular weight excluding hydrogens is 398 g/mol. The predicted molar refractivity (Wildman–Crippen MR) is 128 cm³/mol. The third-order valence-corrected chi connectivity index (χ3v) is 5.64. The molecule has 0 bridgehead atoms. The van der Waals surface area contributed by atoms with Gasteiger partial charge in [-0.25, -0.2) is 0 Å². The summed E-state index contributed by atoms with van der Waals surface area (Å²) < 4.78 is 17.6. The van der Waals surface area contributed by atoms with Crippen LogP contribution in [-0.2, 0) is 0 Å². The van der Waals surface area contributed by atoms with Gasteiger partial charge in [-0.1, -0.05) is 48.5 Å². The van der Waals surface area contributed by atoms with Gasteiger partial charge in [0.1, 0.15) is 24.6 Å². The van der Waals surface area contributed by atoms with Crippen molar-refractivity contribution in [2.24, 2.45) is 0 Å². The highest BCUT2D eigenvalue weighted by atomic mass is 16.6. The summed E-state index contributed by atoms with van der Waals surface area (Å²) in [5, 5.41) is 4.67. The molecule has 0 saturated heterocycles. The number of ether oxygens (including phenoxy) is 2. The molecule has 0 saturated carbocycles. The second-order valence-electron chi connectivity index (χ2n) is 7.76. The molecule has 6 rings (SSSR count). The monoisotopic (exact) mass is 419 g/mol. The number of hydrogen-bond donors (Lipinski definition) is 1. The van der Waals surface area contributed by atoms with Crippen LogP contribution >= 0.6 is 0 Å². The Labute approximate surface area is 186 Å². The molecule has 2 heterocycles.